The number of rotatable bonds is 4. The van der Waals surface area contributed by atoms with Gasteiger partial charge in [-0.1, -0.05) is 36.4 Å². The summed E-state index contributed by atoms with van der Waals surface area (Å²) in [7, 11) is 0. The smallest absolute Gasteiger partial charge is 0.0502 e. The zero-order valence-corrected chi connectivity index (χ0v) is 16.7. The second kappa shape index (κ2) is 6.85. The molecule has 0 saturated carbocycles. The van der Waals surface area contributed by atoms with Crippen molar-refractivity contribution >= 4 is 39.9 Å². The molecule has 1 aliphatic carbocycles. The van der Waals surface area contributed by atoms with Crippen LogP contribution in [-0.2, 0) is 11.3 Å². The molecule has 1 aromatic heterocycles. The quantitative estimate of drug-likeness (QED) is 0.652. The predicted molar refractivity (Wildman–Crippen MR) is 106 cm³/mol. The minimum absolute atomic E-state index is 0.00645. The van der Waals surface area contributed by atoms with Crippen LogP contribution in [0.1, 0.15) is 23.5 Å². The van der Waals surface area contributed by atoms with E-state index in [0.29, 0.717) is 6.54 Å². The van der Waals surface area contributed by atoms with E-state index in [0.717, 1.165) is 25.1 Å². The molecule has 0 N–H and O–H groups in total. The Hall–Kier alpha value is -1.18. The van der Waals surface area contributed by atoms with E-state index >= 15 is 0 Å². The standard InChI is InChI=1S/C20H20INO2S/c21-18-7-6-16(15-8-9-25-12-15)20(19(23)24)13-22(11-17(18)20)10-14-4-2-1-3-5-14/h1-5,7-9,12,16-17H,6,10-11,13H2,(H,23,24)/p-1. The Morgan fingerprint density at radius 3 is 2.76 bits per heavy atom. The predicted octanol–water partition coefficient (Wildman–Crippen LogP) is 3.42. The summed E-state index contributed by atoms with van der Waals surface area (Å²) in [5.74, 6) is -0.889. The topological polar surface area (TPSA) is 43.4 Å². The molecule has 25 heavy (non-hydrogen) atoms. The first-order valence-electron chi connectivity index (χ1n) is 8.46. The molecule has 0 amide bonds. The number of carboxylic acid groups (broad SMARTS) is 1. The van der Waals surface area contributed by atoms with Crippen LogP contribution in [0.5, 0.6) is 0 Å². The summed E-state index contributed by atoms with van der Waals surface area (Å²) in [6.45, 7) is 2.11. The zero-order chi connectivity index (χ0) is 17.4. The third-order valence-electron chi connectivity index (χ3n) is 5.63. The summed E-state index contributed by atoms with van der Waals surface area (Å²) >= 11 is 3.96. The average molecular weight is 464 g/mol. The van der Waals surface area contributed by atoms with Gasteiger partial charge in [0.25, 0.3) is 0 Å². The van der Waals surface area contributed by atoms with Gasteiger partial charge in [0.15, 0.2) is 0 Å². The largest absolute Gasteiger partial charge is 0.549 e. The number of aliphatic carboxylic acids is 1. The van der Waals surface area contributed by atoms with E-state index in [4.69, 9.17) is 0 Å². The van der Waals surface area contributed by atoms with Crippen molar-refractivity contribution in [3.05, 3.63) is 67.9 Å². The molecule has 1 saturated heterocycles. The number of hydrogen-bond acceptors (Lipinski definition) is 4. The molecule has 0 spiro atoms. The number of benzene rings is 1. The van der Waals surface area contributed by atoms with Gasteiger partial charge in [-0.3, -0.25) is 4.90 Å². The lowest BCUT2D eigenvalue weighted by molar-refractivity contribution is -0.321. The van der Waals surface area contributed by atoms with Gasteiger partial charge in [-0.25, -0.2) is 0 Å². The normalized spacial score (nSPS) is 29.2. The summed E-state index contributed by atoms with van der Waals surface area (Å²) in [5, 5.41) is 16.6. The number of carbonyl (C=O) groups is 1. The first kappa shape index (κ1) is 17.2. The van der Waals surface area contributed by atoms with E-state index in [1.807, 2.05) is 23.6 Å². The van der Waals surface area contributed by atoms with Crippen LogP contribution in [0.2, 0.25) is 0 Å². The molecule has 5 heteroatoms. The van der Waals surface area contributed by atoms with E-state index in [-0.39, 0.29) is 11.8 Å². The molecule has 3 unspecified atom stereocenters. The van der Waals surface area contributed by atoms with Gasteiger partial charge in [-0.05, 0) is 60.5 Å². The van der Waals surface area contributed by atoms with Crippen LogP contribution in [-0.4, -0.2) is 24.0 Å². The molecule has 3 nitrogen and oxygen atoms in total. The Kier molecular flexibility index (Phi) is 4.73. The average Bonchev–Trinajstić information content (AvgIpc) is 3.25. The molecule has 4 rings (SSSR count). The molecule has 2 heterocycles. The van der Waals surface area contributed by atoms with Crippen molar-refractivity contribution in [1.29, 1.82) is 0 Å². The number of nitrogens with zero attached hydrogens (tertiary/aromatic N) is 1. The number of allylic oxidation sites excluding steroid dienone is 1. The van der Waals surface area contributed by atoms with Gasteiger partial charge in [0.2, 0.25) is 0 Å². The van der Waals surface area contributed by atoms with Crippen molar-refractivity contribution in [2.75, 3.05) is 13.1 Å². The summed E-state index contributed by atoms with van der Waals surface area (Å²) < 4.78 is 1.17. The lowest BCUT2D eigenvalue weighted by Gasteiger charge is -2.45. The van der Waals surface area contributed by atoms with Crippen molar-refractivity contribution in [3.8, 4) is 0 Å². The number of carboxylic acids is 1. The first-order chi connectivity index (χ1) is 12.1. The second-order valence-electron chi connectivity index (χ2n) is 6.97. The fraction of sp³-hybridized carbons (Fsp3) is 0.350. The van der Waals surface area contributed by atoms with Crippen LogP contribution in [0.25, 0.3) is 0 Å². The van der Waals surface area contributed by atoms with Crippen molar-refractivity contribution in [1.82, 2.24) is 4.90 Å². The molecule has 0 radical (unpaired) electrons. The molecule has 3 atom stereocenters. The maximum absolute atomic E-state index is 12.4. The number of halogens is 1. The molecule has 2 aliphatic rings. The summed E-state index contributed by atoms with van der Waals surface area (Å²) in [4.78, 5) is 14.7. The van der Waals surface area contributed by atoms with Crippen molar-refractivity contribution in [2.24, 2.45) is 11.3 Å². The third-order valence-corrected chi connectivity index (χ3v) is 7.52. The number of carbonyl (C=O) groups excluding carboxylic acids is 1. The first-order valence-corrected chi connectivity index (χ1v) is 10.5. The van der Waals surface area contributed by atoms with Crippen molar-refractivity contribution in [2.45, 2.75) is 18.9 Å². The molecule has 130 valence electrons. The van der Waals surface area contributed by atoms with Gasteiger partial charge in [0.05, 0.1) is 5.97 Å². The maximum Gasteiger partial charge on any atom is 0.0502 e. The Morgan fingerprint density at radius 2 is 2.08 bits per heavy atom. The summed E-state index contributed by atoms with van der Waals surface area (Å²) in [6.07, 6.45) is 3.00. The fourth-order valence-corrected chi connectivity index (χ4v) is 6.17. The third kappa shape index (κ3) is 2.96. The minimum Gasteiger partial charge on any atom is -0.549 e. The minimum atomic E-state index is -0.897. The molecule has 1 fully saturated rings. The van der Waals surface area contributed by atoms with E-state index in [2.05, 4.69) is 57.1 Å². The Labute approximate surface area is 165 Å². The van der Waals surface area contributed by atoms with Crippen molar-refractivity contribution < 1.29 is 9.90 Å². The summed E-state index contributed by atoms with van der Waals surface area (Å²) in [5.41, 5.74) is 1.53. The van der Waals surface area contributed by atoms with Crippen LogP contribution in [0, 0.1) is 11.3 Å². The highest BCUT2D eigenvalue weighted by Crippen LogP contribution is 2.56. The van der Waals surface area contributed by atoms with Crippen molar-refractivity contribution in [3.63, 3.8) is 0 Å². The Morgan fingerprint density at radius 1 is 1.28 bits per heavy atom. The molecular formula is C20H19INO2S-. The van der Waals surface area contributed by atoms with Crippen LogP contribution < -0.4 is 5.11 Å². The SMILES string of the molecule is O=C([O-])C12CN(Cc3ccccc3)CC1C(I)=CCC2c1ccsc1. The lowest BCUT2D eigenvalue weighted by atomic mass is 9.62. The molecule has 1 aromatic carbocycles. The van der Waals surface area contributed by atoms with Crippen LogP contribution in [0.4, 0.5) is 0 Å². The maximum atomic E-state index is 12.4. The molecule has 1 aliphatic heterocycles. The highest BCUT2D eigenvalue weighted by atomic mass is 127. The van der Waals surface area contributed by atoms with Gasteiger partial charge >= 0.3 is 0 Å². The molecule has 2 aromatic rings. The number of thiophene rings is 1. The van der Waals surface area contributed by atoms with E-state index < -0.39 is 11.4 Å². The lowest BCUT2D eigenvalue weighted by Crippen LogP contribution is -2.52. The highest BCUT2D eigenvalue weighted by molar-refractivity contribution is 14.1. The van der Waals surface area contributed by atoms with Crippen LogP contribution >= 0.6 is 33.9 Å². The Bertz CT molecular complexity index is 789. The molecular weight excluding hydrogens is 445 g/mol. The van der Waals surface area contributed by atoms with E-state index in [9.17, 15) is 9.90 Å². The van der Waals surface area contributed by atoms with Crippen LogP contribution in [0.15, 0.2) is 56.8 Å². The zero-order valence-electron chi connectivity index (χ0n) is 13.7. The van der Waals surface area contributed by atoms with Crippen LogP contribution in [0.3, 0.4) is 0 Å². The van der Waals surface area contributed by atoms with E-state index in [1.165, 1.54) is 9.14 Å². The fourth-order valence-electron chi connectivity index (χ4n) is 4.45. The van der Waals surface area contributed by atoms with E-state index in [1.54, 1.807) is 11.3 Å². The van der Waals surface area contributed by atoms with Gasteiger partial charge in [0.1, 0.15) is 0 Å². The van der Waals surface area contributed by atoms with Gasteiger partial charge in [-0.15, -0.1) is 0 Å². The van der Waals surface area contributed by atoms with Gasteiger partial charge < -0.3 is 9.90 Å². The highest BCUT2D eigenvalue weighted by Gasteiger charge is 2.55. The van der Waals surface area contributed by atoms with Gasteiger partial charge in [0, 0.05) is 36.9 Å². The number of likely N-dealkylation sites (tertiary alicyclic amines) is 1. The second-order valence-corrected chi connectivity index (χ2v) is 9.00. The summed E-state index contributed by atoms with van der Waals surface area (Å²) in [6, 6.07) is 12.3. The Balaban J connectivity index is 1.70. The number of fused-ring (bicyclic) bond motifs is 1. The number of hydrogen-bond donors (Lipinski definition) is 0. The molecule has 0 bridgehead atoms. The monoisotopic (exact) mass is 464 g/mol. The van der Waals surface area contributed by atoms with Gasteiger partial charge in [-0.2, -0.15) is 11.3 Å².